The summed E-state index contributed by atoms with van der Waals surface area (Å²) in [4.78, 5) is 13.1. The van der Waals surface area contributed by atoms with Gasteiger partial charge in [-0.15, -0.1) is 0 Å². The van der Waals surface area contributed by atoms with E-state index < -0.39 is 18.0 Å². The van der Waals surface area contributed by atoms with Gasteiger partial charge >= 0.3 is 6.03 Å². The summed E-state index contributed by atoms with van der Waals surface area (Å²) in [5, 5.41) is 12.1. The van der Waals surface area contributed by atoms with E-state index in [-0.39, 0.29) is 17.6 Å². The predicted molar refractivity (Wildman–Crippen MR) is 73.6 cm³/mol. The number of urea groups is 1. The second-order valence-electron chi connectivity index (χ2n) is 4.05. The second kappa shape index (κ2) is 7.42. The molecular formula is C12H16BrFN2O3. The zero-order valence-corrected chi connectivity index (χ0v) is 12.3. The summed E-state index contributed by atoms with van der Waals surface area (Å²) in [7, 11) is 3.02. The van der Waals surface area contributed by atoms with Crippen molar-refractivity contribution in [3.05, 3.63) is 28.5 Å². The van der Waals surface area contributed by atoms with Crippen LogP contribution in [0.2, 0.25) is 0 Å². The highest BCUT2D eigenvalue weighted by atomic mass is 79.9. The van der Waals surface area contributed by atoms with Gasteiger partial charge < -0.3 is 20.1 Å². The Labute approximate surface area is 119 Å². The van der Waals surface area contributed by atoms with E-state index in [1.54, 1.807) is 7.05 Å². The van der Waals surface area contributed by atoms with Gasteiger partial charge in [0.05, 0.1) is 23.7 Å². The van der Waals surface area contributed by atoms with Gasteiger partial charge in [-0.1, -0.05) is 0 Å². The van der Waals surface area contributed by atoms with Crippen LogP contribution in [0.4, 0.5) is 14.9 Å². The van der Waals surface area contributed by atoms with Gasteiger partial charge in [-0.3, -0.25) is 0 Å². The maximum Gasteiger partial charge on any atom is 0.321 e. The molecule has 2 N–H and O–H groups in total. The monoisotopic (exact) mass is 334 g/mol. The first-order chi connectivity index (χ1) is 8.93. The first-order valence-corrected chi connectivity index (χ1v) is 6.37. The van der Waals surface area contributed by atoms with Crippen molar-refractivity contribution in [3.8, 4) is 0 Å². The Morgan fingerprint density at radius 3 is 2.89 bits per heavy atom. The third-order valence-electron chi connectivity index (χ3n) is 2.36. The zero-order valence-electron chi connectivity index (χ0n) is 10.7. The van der Waals surface area contributed by atoms with Crippen LogP contribution in [0.3, 0.4) is 0 Å². The van der Waals surface area contributed by atoms with Gasteiger partial charge in [-0.05, 0) is 34.1 Å². The number of aliphatic hydroxyl groups is 1. The number of methoxy groups -OCH3 is 1. The fourth-order valence-electron chi connectivity index (χ4n) is 1.44. The molecule has 0 aliphatic rings. The van der Waals surface area contributed by atoms with Gasteiger partial charge in [-0.2, -0.15) is 0 Å². The average Bonchev–Trinajstić information content (AvgIpc) is 2.34. The summed E-state index contributed by atoms with van der Waals surface area (Å²) < 4.78 is 18.1. The van der Waals surface area contributed by atoms with Crippen molar-refractivity contribution in [3.63, 3.8) is 0 Å². The maximum atomic E-state index is 13.0. The number of benzene rings is 1. The summed E-state index contributed by atoms with van der Waals surface area (Å²) in [5.41, 5.74) is 0.464. The highest BCUT2D eigenvalue weighted by Crippen LogP contribution is 2.20. The molecule has 0 aliphatic carbocycles. The molecule has 19 heavy (non-hydrogen) atoms. The van der Waals surface area contributed by atoms with Crippen molar-refractivity contribution in [2.45, 2.75) is 6.10 Å². The molecule has 0 bridgehead atoms. The number of amides is 2. The molecule has 0 radical (unpaired) electrons. The molecule has 0 fully saturated rings. The Morgan fingerprint density at radius 1 is 1.63 bits per heavy atom. The van der Waals surface area contributed by atoms with Crippen molar-refractivity contribution in [2.24, 2.45) is 0 Å². The third-order valence-corrected chi connectivity index (χ3v) is 2.97. The molecule has 1 atom stereocenters. The molecule has 7 heteroatoms. The molecule has 2 amide bonds. The number of carbonyl (C=O) groups excluding carboxylic acids is 1. The lowest BCUT2D eigenvalue weighted by Gasteiger charge is -2.21. The van der Waals surface area contributed by atoms with E-state index in [1.165, 1.54) is 30.2 Å². The fraction of sp³-hybridized carbons (Fsp3) is 0.417. The molecule has 106 valence electrons. The van der Waals surface area contributed by atoms with E-state index in [0.717, 1.165) is 0 Å². The SMILES string of the molecule is COCC(O)CN(C)C(=O)Nc1ccc(F)c(Br)c1. The highest BCUT2D eigenvalue weighted by molar-refractivity contribution is 9.10. The Balaban J connectivity index is 2.56. The topological polar surface area (TPSA) is 61.8 Å². The molecule has 1 unspecified atom stereocenters. The third kappa shape index (κ3) is 5.14. The van der Waals surface area contributed by atoms with Crippen LogP contribution in [0, 0.1) is 5.82 Å². The molecule has 0 heterocycles. The van der Waals surface area contributed by atoms with Gasteiger partial charge in [0, 0.05) is 19.8 Å². The van der Waals surface area contributed by atoms with Crippen LogP contribution in [0.1, 0.15) is 0 Å². The number of ether oxygens (including phenoxy) is 1. The number of nitrogens with zero attached hydrogens (tertiary/aromatic N) is 1. The van der Waals surface area contributed by atoms with Crippen LogP contribution in [0.25, 0.3) is 0 Å². The lowest BCUT2D eigenvalue weighted by molar-refractivity contribution is 0.0501. The van der Waals surface area contributed by atoms with Gasteiger partial charge in [0.15, 0.2) is 0 Å². The Kier molecular flexibility index (Phi) is 6.20. The number of halogens is 2. The molecule has 0 aliphatic heterocycles. The summed E-state index contributed by atoms with van der Waals surface area (Å²) in [6.45, 7) is 0.293. The molecule has 1 rings (SSSR count). The van der Waals surface area contributed by atoms with Gasteiger partial charge in [0.25, 0.3) is 0 Å². The molecule has 5 nitrogen and oxygen atoms in total. The second-order valence-corrected chi connectivity index (χ2v) is 4.90. The maximum absolute atomic E-state index is 13.0. The molecule has 1 aromatic rings. The van der Waals surface area contributed by atoms with Crippen LogP contribution in [0.15, 0.2) is 22.7 Å². The smallest absolute Gasteiger partial charge is 0.321 e. The van der Waals surface area contributed by atoms with Gasteiger partial charge in [0.2, 0.25) is 0 Å². The van der Waals surface area contributed by atoms with Crippen LogP contribution in [0.5, 0.6) is 0 Å². The first-order valence-electron chi connectivity index (χ1n) is 5.58. The zero-order chi connectivity index (χ0) is 14.4. The van der Waals surface area contributed by atoms with Crippen LogP contribution < -0.4 is 5.32 Å². The van der Waals surface area contributed by atoms with E-state index in [9.17, 15) is 14.3 Å². The van der Waals surface area contributed by atoms with Gasteiger partial charge in [0.1, 0.15) is 5.82 Å². The summed E-state index contributed by atoms with van der Waals surface area (Å²) in [5.74, 6) is -0.401. The average molecular weight is 335 g/mol. The number of likely N-dealkylation sites (N-methyl/N-ethyl adjacent to an activating group) is 1. The van der Waals surface area contributed by atoms with Gasteiger partial charge in [-0.25, -0.2) is 9.18 Å². The Morgan fingerprint density at radius 2 is 2.32 bits per heavy atom. The minimum Gasteiger partial charge on any atom is -0.389 e. The number of hydrogen-bond acceptors (Lipinski definition) is 3. The van der Waals surface area contributed by atoms with Crippen molar-refractivity contribution < 1.29 is 19.0 Å². The molecular weight excluding hydrogens is 319 g/mol. The number of carbonyl (C=O) groups is 1. The van der Waals surface area contributed by atoms with Crippen molar-refractivity contribution in [1.82, 2.24) is 4.90 Å². The normalized spacial score (nSPS) is 12.1. The minimum absolute atomic E-state index is 0.141. The lowest BCUT2D eigenvalue weighted by Crippen LogP contribution is -2.38. The number of hydrogen-bond donors (Lipinski definition) is 2. The van der Waals surface area contributed by atoms with Crippen molar-refractivity contribution in [1.29, 1.82) is 0 Å². The first kappa shape index (κ1) is 15.9. The minimum atomic E-state index is -0.749. The van der Waals surface area contributed by atoms with Crippen molar-refractivity contribution >= 4 is 27.6 Å². The molecule has 0 saturated carbocycles. The highest BCUT2D eigenvalue weighted by Gasteiger charge is 2.14. The summed E-state index contributed by atoms with van der Waals surface area (Å²) in [6.07, 6.45) is -0.749. The predicted octanol–water partition coefficient (Wildman–Crippen LogP) is 2.06. The number of rotatable bonds is 5. The number of anilines is 1. The van der Waals surface area contributed by atoms with E-state index in [1.807, 2.05) is 0 Å². The molecule has 0 aromatic heterocycles. The van der Waals surface area contributed by atoms with Crippen LogP contribution >= 0.6 is 15.9 Å². The van der Waals surface area contributed by atoms with E-state index in [4.69, 9.17) is 4.74 Å². The Hall–Kier alpha value is -1.18. The Bertz CT molecular complexity index is 445. The number of nitrogens with one attached hydrogen (secondary N) is 1. The van der Waals surface area contributed by atoms with Crippen molar-refractivity contribution in [2.75, 3.05) is 32.6 Å². The lowest BCUT2D eigenvalue weighted by atomic mass is 10.3. The fourth-order valence-corrected chi connectivity index (χ4v) is 1.82. The molecule has 0 spiro atoms. The summed E-state index contributed by atoms with van der Waals surface area (Å²) in [6, 6.07) is 3.78. The number of aliphatic hydroxyl groups excluding tert-OH is 1. The van der Waals surface area contributed by atoms with E-state index >= 15 is 0 Å². The largest absolute Gasteiger partial charge is 0.389 e. The van der Waals surface area contributed by atoms with E-state index in [0.29, 0.717) is 5.69 Å². The van der Waals surface area contributed by atoms with Crippen LogP contribution in [-0.2, 0) is 4.74 Å². The quantitative estimate of drug-likeness (QED) is 0.866. The molecule has 0 saturated heterocycles. The standard InChI is InChI=1S/C12H16BrFN2O3/c1-16(6-9(17)7-19-2)12(18)15-8-3-4-11(14)10(13)5-8/h3-5,9,17H,6-7H2,1-2H3,(H,15,18). The van der Waals surface area contributed by atoms with Crippen LogP contribution in [-0.4, -0.2) is 49.5 Å². The van der Waals surface area contributed by atoms with E-state index in [2.05, 4.69) is 21.2 Å². The molecule has 1 aromatic carbocycles. The summed E-state index contributed by atoms with van der Waals surface area (Å²) >= 11 is 3.04.